The third kappa shape index (κ3) is 5.31. The lowest BCUT2D eigenvalue weighted by Gasteiger charge is -2.08. The number of nitro benzene ring substituents is 1. The van der Waals surface area contributed by atoms with Crippen LogP contribution in [0.3, 0.4) is 0 Å². The van der Waals surface area contributed by atoms with Crippen LogP contribution < -0.4 is 15.6 Å². The highest BCUT2D eigenvalue weighted by molar-refractivity contribution is 5.95. The number of ether oxygens (including phenoxy) is 1. The molecule has 0 aliphatic heterocycles. The third-order valence-corrected chi connectivity index (χ3v) is 3.43. The Balaban J connectivity index is 1.80. The molecule has 0 bridgehead atoms. The van der Waals surface area contributed by atoms with E-state index in [0.717, 1.165) is 5.56 Å². The first-order chi connectivity index (χ1) is 12.0. The Labute approximate surface area is 143 Å². The molecule has 0 heterocycles. The summed E-state index contributed by atoms with van der Waals surface area (Å²) in [7, 11) is 1.57. The molecule has 0 radical (unpaired) electrons. The Morgan fingerprint density at radius 2 is 1.84 bits per heavy atom. The largest absolute Gasteiger partial charge is 0.497 e. The van der Waals surface area contributed by atoms with Crippen LogP contribution in [0, 0.1) is 10.1 Å². The first-order valence-electron chi connectivity index (χ1n) is 7.46. The summed E-state index contributed by atoms with van der Waals surface area (Å²) >= 11 is 0. The highest BCUT2D eigenvalue weighted by atomic mass is 16.6. The molecular formula is C17H17N3O5. The number of nitrogens with one attached hydrogen (secondary N) is 2. The van der Waals surface area contributed by atoms with Gasteiger partial charge in [-0.2, -0.15) is 0 Å². The standard InChI is InChI=1S/C17H17N3O5/c1-25-15-4-2-3-12(11-15)5-10-16(21)18-19-17(22)13-6-8-14(9-7-13)20(23)24/h2-4,6-9,11H,5,10H2,1H3,(H,18,21)(H,19,22). The van der Waals surface area contributed by atoms with Crippen molar-refractivity contribution in [1.82, 2.24) is 10.9 Å². The number of aryl methyl sites for hydroxylation is 1. The quantitative estimate of drug-likeness (QED) is 0.615. The van der Waals surface area contributed by atoms with Gasteiger partial charge in [0.25, 0.3) is 11.6 Å². The second-order valence-corrected chi connectivity index (χ2v) is 5.16. The minimum absolute atomic E-state index is 0.112. The van der Waals surface area contributed by atoms with E-state index in [1.807, 2.05) is 24.3 Å². The van der Waals surface area contributed by atoms with E-state index in [-0.39, 0.29) is 23.6 Å². The zero-order valence-electron chi connectivity index (χ0n) is 13.5. The van der Waals surface area contributed by atoms with E-state index in [0.29, 0.717) is 12.2 Å². The molecule has 2 N–H and O–H groups in total. The Morgan fingerprint density at radius 1 is 1.12 bits per heavy atom. The second-order valence-electron chi connectivity index (χ2n) is 5.16. The van der Waals surface area contributed by atoms with Crippen molar-refractivity contribution in [3.05, 3.63) is 69.8 Å². The van der Waals surface area contributed by atoms with Crippen LogP contribution in [0.2, 0.25) is 0 Å². The predicted molar refractivity (Wildman–Crippen MR) is 90.0 cm³/mol. The number of hydrazine groups is 1. The molecule has 8 nitrogen and oxygen atoms in total. The van der Waals surface area contributed by atoms with Crippen LogP contribution in [0.15, 0.2) is 48.5 Å². The van der Waals surface area contributed by atoms with Crippen LogP contribution >= 0.6 is 0 Å². The number of rotatable bonds is 6. The van der Waals surface area contributed by atoms with Gasteiger partial charge in [0.15, 0.2) is 0 Å². The molecule has 0 spiro atoms. The van der Waals surface area contributed by atoms with Crippen LogP contribution in [0.4, 0.5) is 5.69 Å². The van der Waals surface area contributed by atoms with Crippen LogP contribution in [0.25, 0.3) is 0 Å². The molecule has 8 heteroatoms. The van der Waals surface area contributed by atoms with E-state index in [1.165, 1.54) is 24.3 Å². The lowest BCUT2D eigenvalue weighted by atomic mass is 10.1. The van der Waals surface area contributed by atoms with E-state index < -0.39 is 10.8 Å². The molecule has 0 aromatic heterocycles. The number of hydrogen-bond donors (Lipinski definition) is 2. The molecule has 0 aliphatic carbocycles. The maximum absolute atomic E-state index is 11.9. The van der Waals surface area contributed by atoms with Gasteiger partial charge in [0.1, 0.15) is 5.75 Å². The van der Waals surface area contributed by atoms with Crippen LogP contribution in [0.5, 0.6) is 5.75 Å². The fourth-order valence-electron chi connectivity index (χ4n) is 2.08. The van der Waals surface area contributed by atoms with Gasteiger partial charge in [0.05, 0.1) is 12.0 Å². The Kier molecular flexibility index (Phi) is 6.05. The molecule has 2 amide bonds. The van der Waals surface area contributed by atoms with Gasteiger partial charge in [0.2, 0.25) is 5.91 Å². The van der Waals surface area contributed by atoms with Gasteiger partial charge in [-0.3, -0.25) is 30.6 Å². The molecule has 0 unspecified atom stereocenters. The average molecular weight is 343 g/mol. The van der Waals surface area contributed by atoms with Crippen LogP contribution in [-0.2, 0) is 11.2 Å². The van der Waals surface area contributed by atoms with Crippen LogP contribution in [0.1, 0.15) is 22.3 Å². The third-order valence-electron chi connectivity index (χ3n) is 3.43. The van der Waals surface area contributed by atoms with E-state index in [2.05, 4.69) is 10.9 Å². The topological polar surface area (TPSA) is 111 Å². The van der Waals surface area contributed by atoms with E-state index in [1.54, 1.807) is 7.11 Å². The normalized spacial score (nSPS) is 9.96. The SMILES string of the molecule is COc1cccc(CCC(=O)NNC(=O)c2ccc([N+](=O)[O-])cc2)c1. The molecule has 0 atom stereocenters. The Bertz CT molecular complexity index is 774. The number of benzene rings is 2. The molecule has 130 valence electrons. The van der Waals surface area contributed by atoms with Gasteiger partial charge >= 0.3 is 0 Å². The molecule has 0 aliphatic rings. The minimum Gasteiger partial charge on any atom is -0.497 e. The van der Waals surface area contributed by atoms with Crippen LogP contribution in [-0.4, -0.2) is 23.8 Å². The number of carbonyl (C=O) groups is 2. The molecule has 0 fully saturated rings. The number of nitrogens with zero attached hydrogens (tertiary/aromatic N) is 1. The summed E-state index contributed by atoms with van der Waals surface area (Å²) in [5.41, 5.74) is 5.62. The predicted octanol–water partition coefficient (Wildman–Crippen LogP) is 2.00. The first-order valence-corrected chi connectivity index (χ1v) is 7.46. The molecule has 0 saturated carbocycles. The minimum atomic E-state index is -0.554. The van der Waals surface area contributed by atoms with Gasteiger partial charge in [-0.05, 0) is 36.2 Å². The lowest BCUT2D eigenvalue weighted by Crippen LogP contribution is -2.41. The number of amides is 2. The van der Waals surface area contributed by atoms with Crippen molar-refractivity contribution in [2.45, 2.75) is 12.8 Å². The molecule has 2 aromatic carbocycles. The van der Waals surface area contributed by atoms with Gasteiger partial charge in [-0.1, -0.05) is 12.1 Å². The van der Waals surface area contributed by atoms with E-state index >= 15 is 0 Å². The summed E-state index contributed by atoms with van der Waals surface area (Å²) in [5, 5.41) is 10.6. The maximum Gasteiger partial charge on any atom is 0.269 e. The fraction of sp³-hybridized carbons (Fsp3) is 0.176. The molecule has 2 aromatic rings. The summed E-state index contributed by atoms with van der Waals surface area (Å²) in [6.45, 7) is 0. The summed E-state index contributed by atoms with van der Waals surface area (Å²) in [6, 6.07) is 12.4. The van der Waals surface area contributed by atoms with Gasteiger partial charge in [0, 0.05) is 24.1 Å². The number of non-ortho nitro benzene ring substituents is 1. The molecular weight excluding hydrogens is 326 g/mol. The van der Waals surface area contributed by atoms with E-state index in [9.17, 15) is 19.7 Å². The zero-order chi connectivity index (χ0) is 18.2. The van der Waals surface area contributed by atoms with Crippen molar-refractivity contribution >= 4 is 17.5 Å². The molecule has 0 saturated heterocycles. The molecule has 25 heavy (non-hydrogen) atoms. The van der Waals surface area contributed by atoms with Crippen molar-refractivity contribution in [1.29, 1.82) is 0 Å². The van der Waals surface area contributed by atoms with Crippen molar-refractivity contribution in [2.75, 3.05) is 7.11 Å². The summed E-state index contributed by atoms with van der Waals surface area (Å²) in [4.78, 5) is 33.7. The van der Waals surface area contributed by atoms with Gasteiger partial charge in [-0.25, -0.2) is 0 Å². The summed E-state index contributed by atoms with van der Waals surface area (Å²) in [5.74, 6) is -0.188. The number of methoxy groups -OCH3 is 1. The summed E-state index contributed by atoms with van der Waals surface area (Å²) < 4.78 is 5.11. The maximum atomic E-state index is 11.9. The smallest absolute Gasteiger partial charge is 0.269 e. The summed E-state index contributed by atoms with van der Waals surface area (Å²) in [6.07, 6.45) is 0.685. The average Bonchev–Trinajstić information content (AvgIpc) is 2.64. The first kappa shape index (κ1) is 17.9. The lowest BCUT2D eigenvalue weighted by molar-refractivity contribution is -0.384. The Hall–Kier alpha value is -3.42. The number of carbonyl (C=O) groups excluding carboxylic acids is 2. The highest BCUT2D eigenvalue weighted by Crippen LogP contribution is 2.14. The highest BCUT2D eigenvalue weighted by Gasteiger charge is 2.10. The van der Waals surface area contributed by atoms with Crippen molar-refractivity contribution < 1.29 is 19.2 Å². The zero-order valence-corrected chi connectivity index (χ0v) is 13.5. The van der Waals surface area contributed by atoms with Crippen molar-refractivity contribution in [3.63, 3.8) is 0 Å². The van der Waals surface area contributed by atoms with E-state index in [4.69, 9.17) is 4.74 Å². The monoisotopic (exact) mass is 343 g/mol. The van der Waals surface area contributed by atoms with Crippen molar-refractivity contribution in [2.24, 2.45) is 0 Å². The second kappa shape index (κ2) is 8.44. The number of nitro groups is 1. The van der Waals surface area contributed by atoms with Crippen molar-refractivity contribution in [3.8, 4) is 5.75 Å². The Morgan fingerprint density at radius 3 is 2.48 bits per heavy atom. The fourth-order valence-corrected chi connectivity index (χ4v) is 2.08. The van der Waals surface area contributed by atoms with Gasteiger partial charge in [-0.15, -0.1) is 0 Å². The van der Waals surface area contributed by atoms with Gasteiger partial charge < -0.3 is 4.74 Å². The number of hydrogen-bond acceptors (Lipinski definition) is 5. The molecule has 2 rings (SSSR count).